The SMILES string of the molecule is CC(=O)N1CCC(c2ccc(C[C@@H](C#N)NC(=O)[C@@H]3[C@H](C)CC[C@H](C)N3C(=O)OC(C)(C)C)cc2)CC1. The third-order valence-corrected chi connectivity index (χ3v) is 7.53. The van der Waals surface area contributed by atoms with Gasteiger partial charge in [-0.2, -0.15) is 5.26 Å². The number of ether oxygens (including phenoxy) is 1. The van der Waals surface area contributed by atoms with E-state index in [1.807, 2.05) is 51.7 Å². The minimum absolute atomic E-state index is 0.0447. The van der Waals surface area contributed by atoms with E-state index in [-0.39, 0.29) is 23.8 Å². The van der Waals surface area contributed by atoms with Crippen molar-refractivity contribution >= 4 is 17.9 Å². The highest BCUT2D eigenvalue weighted by Gasteiger charge is 2.43. The van der Waals surface area contributed by atoms with E-state index in [9.17, 15) is 19.6 Å². The van der Waals surface area contributed by atoms with Crippen LogP contribution in [0, 0.1) is 17.2 Å². The summed E-state index contributed by atoms with van der Waals surface area (Å²) in [5.74, 6) is 0.191. The lowest BCUT2D eigenvalue weighted by molar-refractivity contribution is -0.131. The number of likely N-dealkylation sites (tertiary alicyclic amines) is 2. The van der Waals surface area contributed by atoms with Crippen LogP contribution in [0.25, 0.3) is 0 Å². The Morgan fingerprint density at radius 1 is 1.08 bits per heavy atom. The van der Waals surface area contributed by atoms with Crippen LogP contribution in [0.3, 0.4) is 0 Å². The molecule has 0 aromatic heterocycles. The minimum atomic E-state index is -0.706. The molecule has 0 saturated carbocycles. The second kappa shape index (κ2) is 12.0. The van der Waals surface area contributed by atoms with Crippen LogP contribution in [-0.4, -0.2) is 64.5 Å². The van der Waals surface area contributed by atoms with E-state index in [1.54, 1.807) is 11.8 Å². The summed E-state index contributed by atoms with van der Waals surface area (Å²) < 4.78 is 5.60. The second-order valence-corrected chi connectivity index (χ2v) is 11.7. The lowest BCUT2D eigenvalue weighted by Gasteiger charge is -2.43. The van der Waals surface area contributed by atoms with Crippen LogP contribution in [0.4, 0.5) is 4.79 Å². The third-order valence-electron chi connectivity index (χ3n) is 7.53. The van der Waals surface area contributed by atoms with Crippen molar-refractivity contribution in [3.8, 4) is 6.07 Å². The average Bonchev–Trinajstić information content (AvgIpc) is 2.84. The maximum atomic E-state index is 13.4. The maximum absolute atomic E-state index is 13.4. The largest absolute Gasteiger partial charge is 0.444 e. The van der Waals surface area contributed by atoms with Crippen molar-refractivity contribution in [3.63, 3.8) is 0 Å². The van der Waals surface area contributed by atoms with E-state index < -0.39 is 23.8 Å². The highest BCUT2D eigenvalue weighted by Crippen LogP contribution is 2.31. The van der Waals surface area contributed by atoms with Crippen LogP contribution in [0.2, 0.25) is 0 Å². The maximum Gasteiger partial charge on any atom is 0.411 e. The molecule has 2 fully saturated rings. The fourth-order valence-corrected chi connectivity index (χ4v) is 5.42. The van der Waals surface area contributed by atoms with Crippen molar-refractivity contribution in [2.45, 2.75) is 103 Å². The lowest BCUT2D eigenvalue weighted by atomic mass is 9.86. The van der Waals surface area contributed by atoms with Crippen LogP contribution in [-0.2, 0) is 20.7 Å². The van der Waals surface area contributed by atoms with Gasteiger partial charge in [0.1, 0.15) is 17.7 Å². The van der Waals surface area contributed by atoms with E-state index in [0.717, 1.165) is 44.3 Å². The number of nitriles is 1. The zero-order valence-corrected chi connectivity index (χ0v) is 23.1. The van der Waals surface area contributed by atoms with Crippen LogP contribution < -0.4 is 5.32 Å². The quantitative estimate of drug-likeness (QED) is 0.633. The molecule has 0 aliphatic carbocycles. The Hall–Kier alpha value is -3.08. The van der Waals surface area contributed by atoms with Gasteiger partial charge in [-0.25, -0.2) is 4.79 Å². The third kappa shape index (κ3) is 7.47. The van der Waals surface area contributed by atoms with Crippen molar-refractivity contribution in [3.05, 3.63) is 35.4 Å². The molecule has 3 rings (SSSR count). The topological polar surface area (TPSA) is 103 Å². The molecule has 37 heavy (non-hydrogen) atoms. The minimum Gasteiger partial charge on any atom is -0.444 e. The summed E-state index contributed by atoms with van der Waals surface area (Å²) in [6.07, 6.45) is 3.40. The molecule has 8 heteroatoms. The first-order valence-corrected chi connectivity index (χ1v) is 13.4. The molecular weight excluding hydrogens is 468 g/mol. The molecule has 1 aromatic carbocycles. The first kappa shape index (κ1) is 28.5. The number of carbonyl (C=O) groups is 3. The molecule has 1 aromatic rings. The van der Waals surface area contributed by atoms with E-state index in [0.29, 0.717) is 12.3 Å². The average molecular weight is 511 g/mol. The molecule has 2 heterocycles. The Bertz CT molecular complexity index is 1000. The summed E-state index contributed by atoms with van der Waals surface area (Å²) in [6.45, 7) is 12.5. The monoisotopic (exact) mass is 510 g/mol. The highest BCUT2D eigenvalue weighted by atomic mass is 16.6. The van der Waals surface area contributed by atoms with Crippen molar-refractivity contribution in [1.29, 1.82) is 5.26 Å². The number of benzene rings is 1. The predicted molar refractivity (Wildman–Crippen MR) is 142 cm³/mol. The van der Waals surface area contributed by atoms with E-state index in [1.165, 1.54) is 5.56 Å². The second-order valence-electron chi connectivity index (χ2n) is 11.7. The molecule has 8 nitrogen and oxygen atoms in total. The highest BCUT2D eigenvalue weighted by molar-refractivity contribution is 5.87. The molecule has 0 unspecified atom stereocenters. The van der Waals surface area contributed by atoms with Gasteiger partial charge < -0.3 is 15.0 Å². The molecule has 2 saturated heterocycles. The zero-order valence-electron chi connectivity index (χ0n) is 23.1. The van der Waals surface area contributed by atoms with Crippen LogP contribution in [0.15, 0.2) is 24.3 Å². The first-order valence-electron chi connectivity index (χ1n) is 13.4. The summed E-state index contributed by atoms with van der Waals surface area (Å²) in [5, 5.41) is 12.7. The molecule has 4 atom stereocenters. The van der Waals surface area contributed by atoms with Gasteiger partial charge in [-0.1, -0.05) is 31.2 Å². The molecular formula is C29H42N4O4. The number of rotatable bonds is 5. The van der Waals surface area contributed by atoms with Crippen LogP contribution >= 0.6 is 0 Å². The number of nitrogens with zero attached hydrogens (tertiary/aromatic N) is 3. The molecule has 3 amide bonds. The van der Waals surface area contributed by atoms with Crippen molar-refractivity contribution in [1.82, 2.24) is 15.1 Å². The van der Waals surface area contributed by atoms with Gasteiger partial charge >= 0.3 is 6.09 Å². The van der Waals surface area contributed by atoms with E-state index in [4.69, 9.17) is 4.74 Å². The Labute approximate surface area is 221 Å². The normalized spacial score (nSPS) is 23.6. The summed E-state index contributed by atoms with van der Waals surface area (Å²) in [5.41, 5.74) is 1.54. The number of carbonyl (C=O) groups excluding carboxylic acids is 3. The fourth-order valence-electron chi connectivity index (χ4n) is 5.42. The smallest absolute Gasteiger partial charge is 0.411 e. The number of piperidine rings is 2. The van der Waals surface area contributed by atoms with Gasteiger partial charge in [0.15, 0.2) is 0 Å². The van der Waals surface area contributed by atoms with Gasteiger partial charge in [-0.05, 0) is 76.3 Å². The van der Waals surface area contributed by atoms with Gasteiger partial charge in [-0.15, -0.1) is 0 Å². The standard InChI is InChI=1S/C29H42N4O4/c1-19-7-8-20(2)33(28(36)37-29(4,5)6)26(19)27(35)31-25(18-30)17-22-9-11-23(12-10-22)24-13-15-32(16-14-24)21(3)34/h9-12,19-20,24-26H,7-8,13-17H2,1-6H3,(H,31,35)/t19-,20+,25+,26+/m1/s1. The van der Waals surface area contributed by atoms with Gasteiger partial charge in [0.25, 0.3) is 0 Å². The number of hydrogen-bond acceptors (Lipinski definition) is 5. The van der Waals surface area contributed by atoms with E-state index >= 15 is 0 Å². The summed E-state index contributed by atoms with van der Waals surface area (Å²) in [7, 11) is 0. The summed E-state index contributed by atoms with van der Waals surface area (Å²) >= 11 is 0. The molecule has 0 radical (unpaired) electrons. The van der Waals surface area contributed by atoms with Gasteiger partial charge in [0, 0.05) is 32.5 Å². The zero-order chi connectivity index (χ0) is 27.3. The van der Waals surface area contributed by atoms with Crippen LogP contribution in [0.5, 0.6) is 0 Å². The molecule has 2 aliphatic rings. The van der Waals surface area contributed by atoms with E-state index in [2.05, 4.69) is 23.5 Å². The molecule has 1 N–H and O–H groups in total. The molecule has 0 bridgehead atoms. The summed E-state index contributed by atoms with van der Waals surface area (Å²) in [6, 6.07) is 8.92. The molecule has 2 aliphatic heterocycles. The van der Waals surface area contributed by atoms with Crippen LogP contribution in [0.1, 0.15) is 84.3 Å². The number of nitrogens with one attached hydrogen (secondary N) is 1. The Kier molecular flexibility index (Phi) is 9.22. The Morgan fingerprint density at radius 3 is 2.24 bits per heavy atom. The van der Waals surface area contributed by atoms with Crippen molar-refractivity contribution in [2.75, 3.05) is 13.1 Å². The summed E-state index contributed by atoms with van der Waals surface area (Å²) in [4.78, 5) is 41.4. The van der Waals surface area contributed by atoms with Gasteiger partial charge in [-0.3, -0.25) is 14.5 Å². The van der Waals surface area contributed by atoms with Crippen molar-refractivity contribution in [2.24, 2.45) is 5.92 Å². The lowest BCUT2D eigenvalue weighted by Crippen LogP contribution is -2.60. The number of amides is 3. The van der Waals surface area contributed by atoms with Gasteiger partial charge in [0.05, 0.1) is 6.07 Å². The Morgan fingerprint density at radius 2 is 1.70 bits per heavy atom. The molecule has 202 valence electrons. The van der Waals surface area contributed by atoms with Crippen molar-refractivity contribution < 1.29 is 19.1 Å². The Balaban J connectivity index is 1.64. The molecule has 0 spiro atoms. The predicted octanol–water partition coefficient (Wildman–Crippen LogP) is 4.39. The fraction of sp³-hybridized carbons (Fsp3) is 0.655. The number of hydrogen-bond donors (Lipinski definition) is 1. The first-order chi connectivity index (χ1) is 17.4. The van der Waals surface area contributed by atoms with Gasteiger partial charge in [0.2, 0.25) is 11.8 Å².